The molecule has 0 spiro atoms. The molecule has 1 saturated heterocycles. The highest BCUT2D eigenvalue weighted by atomic mass is 79.9. The van der Waals surface area contributed by atoms with Gasteiger partial charge in [-0.25, -0.2) is 4.79 Å². The van der Waals surface area contributed by atoms with Crippen molar-refractivity contribution >= 4 is 27.7 Å². The third kappa shape index (κ3) is 2.67. The summed E-state index contributed by atoms with van der Waals surface area (Å²) >= 11 is 3.41. The molecule has 18 heavy (non-hydrogen) atoms. The van der Waals surface area contributed by atoms with E-state index in [9.17, 15) is 4.79 Å². The second-order valence-electron chi connectivity index (χ2n) is 4.37. The predicted octanol–water partition coefficient (Wildman–Crippen LogP) is 2.86. The average Bonchev–Trinajstić information content (AvgIpc) is 2.31. The molecule has 4 nitrogen and oxygen atoms in total. The number of hydrogen-bond donors (Lipinski definition) is 1. The monoisotopic (exact) mass is 313 g/mol. The number of carbonyl (C=O) groups excluding carboxylic acids is 1. The molecule has 1 aliphatic rings. The lowest BCUT2D eigenvalue weighted by Crippen LogP contribution is -2.46. The number of ether oxygens (including phenoxy) is 1. The molecule has 1 aromatic rings. The summed E-state index contributed by atoms with van der Waals surface area (Å²) < 4.78 is 6.08. The minimum Gasteiger partial charge on any atom is -0.449 e. The Morgan fingerprint density at radius 2 is 2.33 bits per heavy atom. The largest absolute Gasteiger partial charge is 0.449 e. The van der Waals surface area contributed by atoms with Crippen molar-refractivity contribution in [1.82, 2.24) is 0 Å². The summed E-state index contributed by atoms with van der Waals surface area (Å²) in [6.45, 7) is 2.46. The number of aliphatic hydroxyl groups excluding tert-OH is 1. The SMILES string of the molecule is Cc1cc(Br)ccc1N1C(=O)OCCC1CCO. The van der Waals surface area contributed by atoms with Gasteiger partial charge in [-0.05, 0) is 37.1 Å². The maximum Gasteiger partial charge on any atom is 0.414 e. The first-order valence-electron chi connectivity index (χ1n) is 5.96. The van der Waals surface area contributed by atoms with Crippen LogP contribution in [-0.2, 0) is 4.74 Å². The van der Waals surface area contributed by atoms with Crippen LogP contribution in [0.5, 0.6) is 0 Å². The number of anilines is 1. The van der Waals surface area contributed by atoms with Gasteiger partial charge in [-0.2, -0.15) is 0 Å². The van der Waals surface area contributed by atoms with Crippen LogP contribution >= 0.6 is 15.9 Å². The van der Waals surface area contributed by atoms with Crippen LogP contribution in [0, 0.1) is 6.92 Å². The first-order valence-corrected chi connectivity index (χ1v) is 6.76. The first-order chi connectivity index (χ1) is 8.63. The van der Waals surface area contributed by atoms with Crippen molar-refractivity contribution < 1.29 is 14.6 Å². The molecule has 0 aliphatic carbocycles. The van der Waals surface area contributed by atoms with Gasteiger partial charge in [0.25, 0.3) is 0 Å². The zero-order valence-electron chi connectivity index (χ0n) is 10.2. The normalized spacial score (nSPS) is 19.8. The minimum absolute atomic E-state index is 0.0103. The van der Waals surface area contributed by atoms with E-state index < -0.39 is 0 Å². The topological polar surface area (TPSA) is 49.8 Å². The molecule has 0 aromatic heterocycles. The van der Waals surface area contributed by atoms with E-state index in [1.54, 1.807) is 4.90 Å². The van der Waals surface area contributed by atoms with Crippen molar-refractivity contribution in [3.63, 3.8) is 0 Å². The lowest BCUT2D eigenvalue weighted by atomic mass is 10.1. The van der Waals surface area contributed by atoms with Crippen molar-refractivity contribution in [3.05, 3.63) is 28.2 Å². The zero-order valence-corrected chi connectivity index (χ0v) is 11.8. The van der Waals surface area contributed by atoms with Crippen LogP contribution in [0.4, 0.5) is 10.5 Å². The Hall–Kier alpha value is -1.07. The number of nitrogens with zero attached hydrogens (tertiary/aromatic N) is 1. The average molecular weight is 314 g/mol. The van der Waals surface area contributed by atoms with Crippen LogP contribution in [0.3, 0.4) is 0 Å². The van der Waals surface area contributed by atoms with Gasteiger partial charge < -0.3 is 9.84 Å². The van der Waals surface area contributed by atoms with Crippen LogP contribution in [-0.4, -0.2) is 30.5 Å². The number of carbonyl (C=O) groups is 1. The Balaban J connectivity index is 2.34. The lowest BCUT2D eigenvalue weighted by molar-refractivity contribution is 0.124. The number of aliphatic hydroxyl groups is 1. The van der Waals surface area contributed by atoms with Crippen molar-refractivity contribution in [2.45, 2.75) is 25.8 Å². The van der Waals surface area contributed by atoms with E-state index in [4.69, 9.17) is 9.84 Å². The Labute approximate surface area is 115 Å². The number of benzene rings is 1. The van der Waals surface area contributed by atoms with Crippen molar-refractivity contribution in [1.29, 1.82) is 0 Å². The molecule has 1 unspecified atom stereocenters. The van der Waals surface area contributed by atoms with E-state index >= 15 is 0 Å². The third-order valence-electron chi connectivity index (χ3n) is 3.12. The quantitative estimate of drug-likeness (QED) is 0.933. The summed E-state index contributed by atoms with van der Waals surface area (Å²) in [6, 6.07) is 5.78. The van der Waals surface area contributed by atoms with Gasteiger partial charge in [0.2, 0.25) is 0 Å². The second-order valence-corrected chi connectivity index (χ2v) is 5.29. The smallest absolute Gasteiger partial charge is 0.414 e. The fourth-order valence-electron chi connectivity index (χ4n) is 2.24. The van der Waals surface area contributed by atoms with E-state index in [1.165, 1.54) is 0 Å². The number of amides is 1. The highest BCUT2D eigenvalue weighted by Crippen LogP contribution is 2.29. The van der Waals surface area contributed by atoms with Gasteiger partial charge in [0.05, 0.1) is 12.3 Å². The molecule has 5 heteroatoms. The van der Waals surface area contributed by atoms with Gasteiger partial charge in [0.15, 0.2) is 0 Å². The van der Waals surface area contributed by atoms with Crippen molar-refractivity contribution in [2.75, 3.05) is 18.1 Å². The molecule has 1 aliphatic heterocycles. The van der Waals surface area contributed by atoms with Crippen molar-refractivity contribution in [3.8, 4) is 0 Å². The molecule has 1 heterocycles. The van der Waals surface area contributed by atoms with E-state index in [-0.39, 0.29) is 18.7 Å². The molecular weight excluding hydrogens is 298 g/mol. The second kappa shape index (κ2) is 5.71. The Bertz CT molecular complexity index is 448. The predicted molar refractivity (Wildman–Crippen MR) is 72.8 cm³/mol. The van der Waals surface area contributed by atoms with Gasteiger partial charge in [0.1, 0.15) is 0 Å². The molecular formula is C13H16BrNO3. The van der Waals surface area contributed by atoms with Gasteiger partial charge in [-0.15, -0.1) is 0 Å². The summed E-state index contributed by atoms with van der Waals surface area (Å²) in [6.07, 6.45) is 0.997. The number of hydrogen-bond acceptors (Lipinski definition) is 3. The molecule has 98 valence electrons. The van der Waals surface area contributed by atoms with Crippen LogP contribution in [0.2, 0.25) is 0 Å². The van der Waals surface area contributed by atoms with E-state index in [0.717, 1.165) is 22.1 Å². The molecule has 0 bridgehead atoms. The van der Waals surface area contributed by atoms with Gasteiger partial charge in [0, 0.05) is 23.5 Å². The summed E-state index contributed by atoms with van der Waals surface area (Å²) in [7, 11) is 0. The Kier molecular flexibility index (Phi) is 4.24. The number of cyclic esters (lactones) is 1. The maximum absolute atomic E-state index is 11.9. The highest BCUT2D eigenvalue weighted by Gasteiger charge is 2.31. The van der Waals surface area contributed by atoms with Gasteiger partial charge in [-0.1, -0.05) is 15.9 Å². The number of halogens is 1. The number of rotatable bonds is 3. The van der Waals surface area contributed by atoms with Crippen LogP contribution in [0.1, 0.15) is 18.4 Å². The standard InChI is InChI=1S/C13H16BrNO3/c1-9-8-10(14)2-3-12(9)15-11(4-6-16)5-7-18-13(15)17/h2-3,8,11,16H,4-7H2,1H3. The molecule has 2 rings (SSSR count). The van der Waals surface area contributed by atoms with Gasteiger partial charge in [-0.3, -0.25) is 4.90 Å². The number of aryl methyl sites for hydroxylation is 1. The molecule has 1 N–H and O–H groups in total. The highest BCUT2D eigenvalue weighted by molar-refractivity contribution is 9.10. The summed E-state index contributed by atoms with van der Waals surface area (Å²) in [4.78, 5) is 13.6. The molecule has 0 saturated carbocycles. The summed E-state index contributed by atoms with van der Waals surface area (Å²) in [5, 5.41) is 9.10. The fourth-order valence-corrected chi connectivity index (χ4v) is 2.71. The summed E-state index contributed by atoms with van der Waals surface area (Å²) in [5.74, 6) is 0. The fraction of sp³-hybridized carbons (Fsp3) is 0.462. The minimum atomic E-state index is -0.329. The Morgan fingerprint density at radius 1 is 1.56 bits per heavy atom. The molecule has 1 aromatic carbocycles. The van der Waals surface area contributed by atoms with E-state index in [1.807, 2.05) is 25.1 Å². The third-order valence-corrected chi connectivity index (χ3v) is 3.61. The van der Waals surface area contributed by atoms with Crippen LogP contribution in [0.15, 0.2) is 22.7 Å². The summed E-state index contributed by atoms with van der Waals surface area (Å²) in [5.41, 5.74) is 1.85. The Morgan fingerprint density at radius 3 is 3.00 bits per heavy atom. The van der Waals surface area contributed by atoms with E-state index in [0.29, 0.717) is 13.0 Å². The molecule has 1 fully saturated rings. The van der Waals surface area contributed by atoms with E-state index in [2.05, 4.69) is 15.9 Å². The van der Waals surface area contributed by atoms with Crippen molar-refractivity contribution in [2.24, 2.45) is 0 Å². The zero-order chi connectivity index (χ0) is 13.1. The van der Waals surface area contributed by atoms with Gasteiger partial charge >= 0.3 is 6.09 Å². The lowest BCUT2D eigenvalue weighted by Gasteiger charge is -2.35. The molecule has 1 amide bonds. The van der Waals surface area contributed by atoms with Crippen LogP contribution in [0.25, 0.3) is 0 Å². The van der Waals surface area contributed by atoms with Crippen LogP contribution < -0.4 is 4.90 Å². The maximum atomic E-state index is 11.9. The molecule has 1 atom stereocenters. The first kappa shape index (κ1) is 13.4. The molecule has 0 radical (unpaired) electrons.